The van der Waals surface area contributed by atoms with E-state index in [2.05, 4.69) is 35.2 Å². The van der Waals surface area contributed by atoms with Crippen molar-refractivity contribution in [1.82, 2.24) is 29.9 Å². The molecular formula is C15H9Cl4N7O3. The van der Waals surface area contributed by atoms with E-state index in [4.69, 9.17) is 51.1 Å². The van der Waals surface area contributed by atoms with E-state index >= 15 is 0 Å². The topological polar surface area (TPSA) is 136 Å². The molecule has 0 spiro atoms. The molecule has 29 heavy (non-hydrogen) atoms. The first-order valence-corrected chi connectivity index (χ1v) is 9.20. The Bertz CT molecular complexity index is 1020. The Labute approximate surface area is 183 Å². The molecule has 2 aromatic heterocycles. The maximum atomic E-state index is 11.7. The van der Waals surface area contributed by atoms with E-state index in [-0.39, 0.29) is 39.5 Å². The molecule has 1 aromatic carbocycles. The highest BCUT2D eigenvalue weighted by molar-refractivity contribution is 6.31. The van der Waals surface area contributed by atoms with Crippen molar-refractivity contribution >= 4 is 58.3 Å². The number of nitrogens with one attached hydrogen (secondary N) is 1. The fourth-order valence-electron chi connectivity index (χ4n) is 2.19. The SMILES string of the molecule is O=C(O)C(Cc1ccccc1Oc1nc(Cl)nc(Cl)n1)Nc1nc(Cl)nc(Cl)n1. The minimum absolute atomic E-state index is 0.0149. The number of aliphatic carboxylic acids is 1. The summed E-state index contributed by atoms with van der Waals surface area (Å²) in [4.78, 5) is 34.2. The van der Waals surface area contributed by atoms with E-state index in [1.165, 1.54) is 0 Å². The lowest BCUT2D eigenvalue weighted by Gasteiger charge is -2.16. The number of carboxylic acid groups (broad SMARTS) is 1. The van der Waals surface area contributed by atoms with Gasteiger partial charge in [0.25, 0.3) is 0 Å². The molecule has 10 nitrogen and oxygen atoms in total. The monoisotopic (exact) mass is 475 g/mol. The predicted molar refractivity (Wildman–Crippen MR) is 105 cm³/mol. The number of nitrogens with zero attached hydrogens (tertiary/aromatic N) is 6. The fraction of sp³-hybridized carbons (Fsp3) is 0.133. The van der Waals surface area contributed by atoms with Crippen LogP contribution in [-0.2, 0) is 11.2 Å². The van der Waals surface area contributed by atoms with Gasteiger partial charge in [0.15, 0.2) is 0 Å². The number of carboxylic acids is 1. The van der Waals surface area contributed by atoms with E-state index in [0.29, 0.717) is 11.3 Å². The van der Waals surface area contributed by atoms with Crippen LogP contribution in [0.1, 0.15) is 5.56 Å². The molecule has 150 valence electrons. The largest absolute Gasteiger partial charge is 0.480 e. The highest BCUT2D eigenvalue weighted by Crippen LogP contribution is 2.26. The number of para-hydroxylation sites is 1. The van der Waals surface area contributed by atoms with Crippen LogP contribution in [0.15, 0.2) is 24.3 Å². The molecule has 0 aliphatic heterocycles. The van der Waals surface area contributed by atoms with Gasteiger partial charge in [0.1, 0.15) is 11.8 Å². The summed E-state index contributed by atoms with van der Waals surface area (Å²) in [5, 5.41) is 11.6. The molecule has 0 saturated heterocycles. The molecule has 0 radical (unpaired) electrons. The molecule has 14 heteroatoms. The number of hydrogen-bond acceptors (Lipinski definition) is 9. The van der Waals surface area contributed by atoms with E-state index in [9.17, 15) is 9.90 Å². The second-order valence-corrected chi connectivity index (χ2v) is 6.65. The Hall–Kier alpha value is -2.53. The Kier molecular flexibility index (Phi) is 6.80. The maximum Gasteiger partial charge on any atom is 0.327 e. The van der Waals surface area contributed by atoms with Crippen LogP contribution in [0.5, 0.6) is 11.8 Å². The number of benzene rings is 1. The van der Waals surface area contributed by atoms with Crippen molar-refractivity contribution < 1.29 is 14.6 Å². The van der Waals surface area contributed by atoms with E-state index < -0.39 is 12.0 Å². The first-order valence-electron chi connectivity index (χ1n) is 7.69. The van der Waals surface area contributed by atoms with Crippen LogP contribution in [0.3, 0.4) is 0 Å². The molecule has 0 fully saturated rings. The normalized spacial score (nSPS) is 11.7. The van der Waals surface area contributed by atoms with Crippen molar-refractivity contribution in [2.75, 3.05) is 5.32 Å². The quantitative estimate of drug-likeness (QED) is 0.520. The zero-order valence-electron chi connectivity index (χ0n) is 14.1. The van der Waals surface area contributed by atoms with Crippen LogP contribution in [0.25, 0.3) is 0 Å². The van der Waals surface area contributed by atoms with Crippen molar-refractivity contribution in [3.8, 4) is 11.8 Å². The van der Waals surface area contributed by atoms with Gasteiger partial charge in [-0.05, 0) is 58.0 Å². The second-order valence-electron chi connectivity index (χ2n) is 5.30. The maximum absolute atomic E-state index is 11.7. The molecular weight excluding hydrogens is 468 g/mol. The van der Waals surface area contributed by atoms with Gasteiger partial charge in [-0.15, -0.1) is 0 Å². The summed E-state index contributed by atoms with van der Waals surface area (Å²) in [5.41, 5.74) is 0.520. The average Bonchev–Trinajstić information content (AvgIpc) is 2.61. The van der Waals surface area contributed by atoms with Crippen molar-refractivity contribution in [2.24, 2.45) is 0 Å². The molecule has 1 unspecified atom stereocenters. The van der Waals surface area contributed by atoms with Gasteiger partial charge in [-0.25, -0.2) is 4.79 Å². The molecule has 1 atom stereocenters. The Morgan fingerprint density at radius 2 is 1.48 bits per heavy atom. The van der Waals surface area contributed by atoms with Gasteiger partial charge < -0.3 is 15.2 Å². The first kappa shape index (κ1) is 21.2. The number of aromatic nitrogens is 6. The van der Waals surface area contributed by atoms with Crippen molar-refractivity contribution in [2.45, 2.75) is 12.5 Å². The average molecular weight is 477 g/mol. The summed E-state index contributed by atoms with van der Waals surface area (Å²) in [6.45, 7) is 0. The van der Waals surface area contributed by atoms with Crippen LogP contribution in [0.4, 0.5) is 5.95 Å². The molecule has 0 bridgehead atoms. The number of hydrogen-bond donors (Lipinski definition) is 2. The van der Waals surface area contributed by atoms with Gasteiger partial charge in [-0.3, -0.25) is 0 Å². The third kappa shape index (κ3) is 5.97. The van der Waals surface area contributed by atoms with Crippen LogP contribution in [0.2, 0.25) is 21.1 Å². The van der Waals surface area contributed by atoms with E-state index in [1.54, 1.807) is 24.3 Å². The highest BCUT2D eigenvalue weighted by atomic mass is 35.5. The summed E-state index contributed by atoms with van der Waals surface area (Å²) in [5.74, 6) is -0.957. The minimum atomic E-state index is -1.17. The number of carbonyl (C=O) groups is 1. The number of rotatable bonds is 7. The summed E-state index contributed by atoms with van der Waals surface area (Å²) < 4.78 is 5.60. The Morgan fingerprint density at radius 3 is 2.07 bits per heavy atom. The van der Waals surface area contributed by atoms with Gasteiger partial charge >= 0.3 is 12.0 Å². The van der Waals surface area contributed by atoms with Crippen LogP contribution in [0, 0.1) is 0 Å². The summed E-state index contributed by atoms with van der Waals surface area (Å²) in [6, 6.07) is 5.41. The van der Waals surface area contributed by atoms with Gasteiger partial charge in [-0.1, -0.05) is 18.2 Å². The fourth-order valence-corrected chi connectivity index (χ4v) is 2.90. The van der Waals surface area contributed by atoms with Crippen LogP contribution < -0.4 is 10.1 Å². The lowest BCUT2D eigenvalue weighted by Crippen LogP contribution is -2.32. The van der Waals surface area contributed by atoms with Crippen LogP contribution in [-0.4, -0.2) is 47.0 Å². The molecule has 3 aromatic rings. The highest BCUT2D eigenvalue weighted by Gasteiger charge is 2.22. The molecule has 3 rings (SSSR count). The Balaban J connectivity index is 1.84. The third-order valence-electron chi connectivity index (χ3n) is 3.34. The molecule has 2 heterocycles. The van der Waals surface area contributed by atoms with E-state index in [0.717, 1.165) is 0 Å². The van der Waals surface area contributed by atoms with Gasteiger partial charge in [0.2, 0.25) is 27.1 Å². The molecule has 0 aliphatic rings. The van der Waals surface area contributed by atoms with Crippen molar-refractivity contribution in [3.05, 3.63) is 51.0 Å². The number of halogens is 4. The lowest BCUT2D eigenvalue weighted by molar-refractivity contribution is -0.137. The molecule has 0 saturated carbocycles. The molecule has 0 amide bonds. The number of anilines is 1. The van der Waals surface area contributed by atoms with E-state index in [1.807, 2.05) is 0 Å². The number of ether oxygens (including phenoxy) is 1. The predicted octanol–water partition coefficient (Wildman–Crippen LogP) is 3.57. The van der Waals surface area contributed by atoms with Gasteiger partial charge in [0.05, 0.1) is 0 Å². The zero-order chi connectivity index (χ0) is 21.0. The second kappa shape index (κ2) is 9.31. The zero-order valence-corrected chi connectivity index (χ0v) is 17.1. The third-order valence-corrected chi connectivity index (χ3v) is 4.02. The lowest BCUT2D eigenvalue weighted by atomic mass is 10.1. The van der Waals surface area contributed by atoms with Gasteiger partial charge in [0, 0.05) is 6.42 Å². The molecule has 0 aliphatic carbocycles. The van der Waals surface area contributed by atoms with Crippen molar-refractivity contribution in [3.63, 3.8) is 0 Å². The Morgan fingerprint density at radius 1 is 0.931 bits per heavy atom. The first-order chi connectivity index (χ1) is 13.8. The smallest absolute Gasteiger partial charge is 0.327 e. The van der Waals surface area contributed by atoms with Crippen LogP contribution >= 0.6 is 46.4 Å². The standard InChI is InChI=1S/C15H9Cl4N7O3/c16-10-21-11(17)24-14(23-10)20-7(9(27)28)5-6-3-1-2-4-8(6)29-15-25-12(18)22-13(19)26-15/h1-4,7H,5H2,(H,27,28)(H,20,21,23,24). The van der Waals surface area contributed by atoms with Crippen molar-refractivity contribution in [1.29, 1.82) is 0 Å². The summed E-state index contributed by atoms with van der Waals surface area (Å²) in [7, 11) is 0. The van der Waals surface area contributed by atoms with Gasteiger partial charge in [-0.2, -0.15) is 29.9 Å². The summed E-state index contributed by atoms with van der Waals surface area (Å²) in [6.07, 6.45) is -0.0149. The summed E-state index contributed by atoms with van der Waals surface area (Å²) >= 11 is 22.9. The minimum Gasteiger partial charge on any atom is -0.480 e. The molecule has 2 N–H and O–H groups in total.